The maximum Gasteiger partial charge on any atom is 0.265 e. The van der Waals surface area contributed by atoms with Crippen LogP contribution in [0.4, 0.5) is 5.69 Å². The van der Waals surface area contributed by atoms with Crippen molar-refractivity contribution >= 4 is 45.0 Å². The Kier molecular flexibility index (Phi) is 5.04. The molecule has 0 fully saturated rings. The SMILES string of the molecule is Cc1cc(I)ccc1NC(=O)[C@H](C)Oc1cccc2ccccc12. The van der Waals surface area contributed by atoms with Gasteiger partial charge in [0.1, 0.15) is 5.75 Å². The van der Waals surface area contributed by atoms with E-state index in [2.05, 4.69) is 27.9 Å². The summed E-state index contributed by atoms with van der Waals surface area (Å²) in [6.07, 6.45) is -0.588. The third-order valence-corrected chi connectivity index (χ3v) is 4.54. The van der Waals surface area contributed by atoms with Gasteiger partial charge in [-0.1, -0.05) is 36.4 Å². The maximum absolute atomic E-state index is 12.5. The van der Waals surface area contributed by atoms with Crippen LogP contribution in [-0.4, -0.2) is 12.0 Å². The van der Waals surface area contributed by atoms with Crippen LogP contribution in [0.5, 0.6) is 5.75 Å². The molecule has 4 heteroatoms. The molecule has 0 heterocycles. The topological polar surface area (TPSA) is 38.3 Å². The molecule has 1 amide bonds. The van der Waals surface area contributed by atoms with E-state index in [-0.39, 0.29) is 5.91 Å². The standard InChI is InChI=1S/C20H18INO2/c1-13-12-16(21)10-11-18(13)22-20(23)14(2)24-19-9-5-7-15-6-3-4-8-17(15)19/h3-12,14H,1-2H3,(H,22,23)/t14-/m0/s1. The molecule has 1 N–H and O–H groups in total. The second kappa shape index (κ2) is 7.21. The molecule has 0 aromatic heterocycles. The van der Waals surface area contributed by atoms with Crippen molar-refractivity contribution < 1.29 is 9.53 Å². The number of carbonyl (C=O) groups is 1. The van der Waals surface area contributed by atoms with Gasteiger partial charge in [0.2, 0.25) is 0 Å². The van der Waals surface area contributed by atoms with Crippen molar-refractivity contribution in [2.45, 2.75) is 20.0 Å². The van der Waals surface area contributed by atoms with Crippen molar-refractivity contribution in [3.8, 4) is 5.75 Å². The van der Waals surface area contributed by atoms with E-state index in [9.17, 15) is 4.79 Å². The van der Waals surface area contributed by atoms with E-state index in [0.29, 0.717) is 0 Å². The van der Waals surface area contributed by atoms with Crippen molar-refractivity contribution in [2.75, 3.05) is 5.32 Å². The molecule has 0 aliphatic heterocycles. The van der Waals surface area contributed by atoms with Gasteiger partial charge in [-0.05, 0) is 71.7 Å². The first kappa shape index (κ1) is 16.8. The fourth-order valence-electron chi connectivity index (χ4n) is 2.54. The number of amides is 1. The minimum absolute atomic E-state index is 0.160. The number of anilines is 1. The molecular weight excluding hydrogens is 413 g/mol. The molecule has 0 unspecified atom stereocenters. The first-order valence-corrected chi connectivity index (χ1v) is 8.84. The molecule has 3 nitrogen and oxygen atoms in total. The monoisotopic (exact) mass is 431 g/mol. The molecule has 0 bridgehead atoms. The van der Waals surface area contributed by atoms with Gasteiger partial charge in [0, 0.05) is 14.6 Å². The smallest absolute Gasteiger partial charge is 0.265 e. The molecule has 3 aromatic carbocycles. The fourth-order valence-corrected chi connectivity index (χ4v) is 3.19. The van der Waals surface area contributed by atoms with Gasteiger partial charge in [-0.3, -0.25) is 4.79 Å². The van der Waals surface area contributed by atoms with Crippen LogP contribution in [0.2, 0.25) is 0 Å². The van der Waals surface area contributed by atoms with Gasteiger partial charge in [0.05, 0.1) is 0 Å². The Bertz CT molecular complexity index is 886. The van der Waals surface area contributed by atoms with E-state index in [4.69, 9.17) is 4.74 Å². The number of hydrogen-bond donors (Lipinski definition) is 1. The molecular formula is C20H18INO2. The van der Waals surface area contributed by atoms with Crippen molar-refractivity contribution in [2.24, 2.45) is 0 Å². The molecule has 122 valence electrons. The number of fused-ring (bicyclic) bond motifs is 1. The second-order valence-corrected chi connectivity index (χ2v) is 6.93. The molecule has 0 aliphatic rings. The third kappa shape index (κ3) is 3.70. The van der Waals surface area contributed by atoms with Gasteiger partial charge in [0.15, 0.2) is 6.10 Å². The summed E-state index contributed by atoms with van der Waals surface area (Å²) in [5, 5.41) is 5.04. The first-order chi connectivity index (χ1) is 11.5. The van der Waals surface area contributed by atoms with E-state index in [1.165, 1.54) is 0 Å². The van der Waals surface area contributed by atoms with Gasteiger partial charge in [-0.25, -0.2) is 0 Å². The fraction of sp³-hybridized carbons (Fsp3) is 0.150. The maximum atomic E-state index is 12.5. The van der Waals surface area contributed by atoms with Gasteiger partial charge >= 0.3 is 0 Å². The number of hydrogen-bond acceptors (Lipinski definition) is 2. The van der Waals surface area contributed by atoms with Crippen LogP contribution < -0.4 is 10.1 Å². The summed E-state index contributed by atoms with van der Waals surface area (Å²) in [6.45, 7) is 3.74. The van der Waals surface area contributed by atoms with Crippen molar-refractivity contribution in [3.63, 3.8) is 0 Å². The number of carbonyl (C=O) groups excluding carboxylic acids is 1. The lowest BCUT2D eigenvalue weighted by Gasteiger charge is -2.17. The van der Waals surface area contributed by atoms with E-state index >= 15 is 0 Å². The Morgan fingerprint density at radius 2 is 1.83 bits per heavy atom. The van der Waals surface area contributed by atoms with E-state index in [1.807, 2.05) is 67.6 Å². The van der Waals surface area contributed by atoms with Crippen LogP contribution in [0.15, 0.2) is 60.7 Å². The highest BCUT2D eigenvalue weighted by Gasteiger charge is 2.16. The normalized spacial score (nSPS) is 12.0. The van der Waals surface area contributed by atoms with Gasteiger partial charge in [-0.2, -0.15) is 0 Å². The summed E-state index contributed by atoms with van der Waals surface area (Å²) in [4.78, 5) is 12.5. The third-order valence-electron chi connectivity index (χ3n) is 3.87. The Labute approximate surface area is 155 Å². The number of ether oxygens (including phenoxy) is 1. The van der Waals surface area contributed by atoms with Crippen molar-refractivity contribution in [3.05, 3.63) is 69.8 Å². The highest BCUT2D eigenvalue weighted by molar-refractivity contribution is 14.1. The van der Waals surface area contributed by atoms with Crippen LogP contribution >= 0.6 is 22.6 Å². The van der Waals surface area contributed by atoms with E-state index < -0.39 is 6.10 Å². The van der Waals surface area contributed by atoms with Gasteiger partial charge in [0.25, 0.3) is 5.91 Å². The number of rotatable bonds is 4. The molecule has 0 spiro atoms. The minimum atomic E-state index is -0.588. The zero-order valence-corrected chi connectivity index (χ0v) is 15.7. The molecule has 1 atom stereocenters. The molecule has 0 saturated heterocycles. The van der Waals surface area contributed by atoms with Gasteiger partial charge in [-0.15, -0.1) is 0 Å². The second-order valence-electron chi connectivity index (χ2n) is 5.69. The molecule has 24 heavy (non-hydrogen) atoms. The Morgan fingerprint density at radius 3 is 2.62 bits per heavy atom. The summed E-state index contributed by atoms with van der Waals surface area (Å²) in [6, 6.07) is 19.8. The average molecular weight is 431 g/mol. The summed E-state index contributed by atoms with van der Waals surface area (Å²) in [7, 11) is 0. The lowest BCUT2D eigenvalue weighted by atomic mass is 10.1. The highest BCUT2D eigenvalue weighted by atomic mass is 127. The average Bonchev–Trinajstić information content (AvgIpc) is 2.57. The quantitative estimate of drug-likeness (QED) is 0.580. The van der Waals surface area contributed by atoms with E-state index in [0.717, 1.165) is 31.3 Å². The number of aryl methyl sites for hydroxylation is 1. The Morgan fingerprint density at radius 1 is 1.08 bits per heavy atom. The number of nitrogens with one attached hydrogen (secondary N) is 1. The van der Waals surface area contributed by atoms with Crippen molar-refractivity contribution in [1.82, 2.24) is 0 Å². The summed E-state index contributed by atoms with van der Waals surface area (Å²) < 4.78 is 7.05. The van der Waals surface area contributed by atoms with Crippen molar-refractivity contribution in [1.29, 1.82) is 0 Å². The van der Waals surface area contributed by atoms with Gasteiger partial charge < -0.3 is 10.1 Å². The number of halogens is 1. The van der Waals surface area contributed by atoms with Crippen LogP contribution in [0.25, 0.3) is 10.8 Å². The summed E-state index contributed by atoms with van der Waals surface area (Å²) in [5.41, 5.74) is 1.85. The molecule has 0 radical (unpaired) electrons. The predicted molar refractivity (Wildman–Crippen MR) is 107 cm³/mol. The van der Waals surface area contributed by atoms with Crippen LogP contribution in [0.3, 0.4) is 0 Å². The minimum Gasteiger partial charge on any atom is -0.480 e. The van der Waals surface area contributed by atoms with Crippen LogP contribution in [0.1, 0.15) is 12.5 Å². The van der Waals surface area contributed by atoms with Crippen LogP contribution in [-0.2, 0) is 4.79 Å². The lowest BCUT2D eigenvalue weighted by molar-refractivity contribution is -0.122. The summed E-state index contributed by atoms with van der Waals surface area (Å²) in [5.74, 6) is 0.558. The zero-order chi connectivity index (χ0) is 17.1. The number of benzene rings is 3. The predicted octanol–water partition coefficient (Wildman–Crippen LogP) is 5.16. The molecule has 3 aromatic rings. The summed E-state index contributed by atoms with van der Waals surface area (Å²) >= 11 is 2.25. The first-order valence-electron chi connectivity index (χ1n) is 7.76. The highest BCUT2D eigenvalue weighted by Crippen LogP contribution is 2.26. The zero-order valence-electron chi connectivity index (χ0n) is 13.5. The largest absolute Gasteiger partial charge is 0.480 e. The molecule has 0 aliphatic carbocycles. The lowest BCUT2D eigenvalue weighted by Crippen LogP contribution is -2.30. The molecule has 3 rings (SSSR count). The Hall–Kier alpha value is -2.08. The molecule has 0 saturated carbocycles. The van der Waals surface area contributed by atoms with E-state index in [1.54, 1.807) is 6.92 Å². The van der Waals surface area contributed by atoms with Crippen LogP contribution in [0, 0.1) is 10.5 Å². The Balaban J connectivity index is 1.76.